The Bertz CT molecular complexity index is 1060. The minimum Gasteiger partial charge on any atom is -0.395 e. The number of piperazine rings is 1. The number of anilines is 1. The van der Waals surface area contributed by atoms with Gasteiger partial charge >= 0.3 is 0 Å². The monoisotopic (exact) mass is 423 g/mol. The van der Waals surface area contributed by atoms with Crippen LogP contribution >= 0.6 is 0 Å². The number of hydrogen-bond donors (Lipinski definition) is 1. The summed E-state index contributed by atoms with van der Waals surface area (Å²) in [6.45, 7) is 7.08. The van der Waals surface area contributed by atoms with Crippen molar-refractivity contribution in [2.75, 3.05) is 44.2 Å². The summed E-state index contributed by atoms with van der Waals surface area (Å²) >= 11 is 0. The number of aryl methyl sites for hydroxylation is 2. The van der Waals surface area contributed by atoms with Crippen LogP contribution in [-0.4, -0.2) is 66.1 Å². The minimum absolute atomic E-state index is 0.0846. The molecule has 162 valence electrons. The van der Waals surface area contributed by atoms with Gasteiger partial charge in [-0.05, 0) is 43.2 Å². The van der Waals surface area contributed by atoms with Crippen molar-refractivity contribution in [3.05, 3.63) is 70.7 Å². The molecule has 2 amide bonds. The molecular formula is C24H26FN3O3. The zero-order chi connectivity index (χ0) is 22.1. The third kappa shape index (κ3) is 3.98. The van der Waals surface area contributed by atoms with Crippen molar-refractivity contribution in [3.63, 3.8) is 0 Å². The molecule has 2 aliphatic rings. The van der Waals surface area contributed by atoms with Crippen LogP contribution in [0.1, 0.15) is 16.7 Å². The molecule has 4 rings (SSSR count). The van der Waals surface area contributed by atoms with Crippen molar-refractivity contribution < 1.29 is 19.1 Å². The lowest BCUT2D eigenvalue weighted by molar-refractivity contribution is -0.120. The third-order valence-electron chi connectivity index (χ3n) is 5.88. The number of carbonyl (C=O) groups excluding carboxylic acids is 2. The first-order valence-corrected chi connectivity index (χ1v) is 10.4. The van der Waals surface area contributed by atoms with Gasteiger partial charge in [0.05, 0.1) is 17.9 Å². The summed E-state index contributed by atoms with van der Waals surface area (Å²) in [5, 5.41) is 9.20. The molecule has 6 nitrogen and oxygen atoms in total. The summed E-state index contributed by atoms with van der Waals surface area (Å²) in [4.78, 5) is 32.2. The fourth-order valence-electron chi connectivity index (χ4n) is 4.33. The Morgan fingerprint density at radius 1 is 0.968 bits per heavy atom. The van der Waals surface area contributed by atoms with Gasteiger partial charge in [0.1, 0.15) is 11.5 Å². The molecule has 0 radical (unpaired) electrons. The Kier molecular flexibility index (Phi) is 5.89. The fourth-order valence-corrected chi connectivity index (χ4v) is 4.33. The molecule has 0 bridgehead atoms. The molecule has 1 N–H and O–H groups in total. The molecule has 2 heterocycles. The topological polar surface area (TPSA) is 64.1 Å². The molecule has 0 atom stereocenters. The van der Waals surface area contributed by atoms with Crippen molar-refractivity contribution in [3.8, 4) is 0 Å². The van der Waals surface area contributed by atoms with Gasteiger partial charge in [-0.2, -0.15) is 0 Å². The first-order valence-electron chi connectivity index (χ1n) is 10.4. The second-order valence-electron chi connectivity index (χ2n) is 8.02. The third-order valence-corrected chi connectivity index (χ3v) is 5.88. The Labute approximate surface area is 181 Å². The summed E-state index contributed by atoms with van der Waals surface area (Å²) in [6, 6.07) is 11.3. The van der Waals surface area contributed by atoms with Crippen LogP contribution in [-0.2, 0) is 9.59 Å². The number of imide groups is 1. The van der Waals surface area contributed by atoms with Crippen molar-refractivity contribution in [2.45, 2.75) is 13.8 Å². The van der Waals surface area contributed by atoms with Crippen molar-refractivity contribution in [2.24, 2.45) is 0 Å². The summed E-state index contributed by atoms with van der Waals surface area (Å²) in [6.07, 6.45) is 0. The fraction of sp³-hybridized carbons (Fsp3) is 0.333. The molecule has 0 unspecified atom stereocenters. The number of aliphatic hydroxyl groups excluding tert-OH is 1. The predicted octanol–water partition coefficient (Wildman–Crippen LogP) is 2.34. The smallest absolute Gasteiger partial charge is 0.282 e. The van der Waals surface area contributed by atoms with Crippen LogP contribution in [0.2, 0.25) is 0 Å². The number of aliphatic hydroxyl groups is 1. The molecule has 0 aliphatic carbocycles. The quantitative estimate of drug-likeness (QED) is 0.748. The van der Waals surface area contributed by atoms with Crippen LogP contribution in [0.15, 0.2) is 48.2 Å². The number of hydrogen-bond acceptors (Lipinski definition) is 5. The molecule has 2 aromatic carbocycles. The highest BCUT2D eigenvalue weighted by molar-refractivity contribution is 6.45. The van der Waals surface area contributed by atoms with E-state index in [9.17, 15) is 19.1 Å². The zero-order valence-corrected chi connectivity index (χ0v) is 17.8. The maximum atomic E-state index is 13.9. The van der Waals surface area contributed by atoms with Gasteiger partial charge in [0, 0.05) is 32.7 Å². The molecule has 1 saturated heterocycles. The molecule has 0 saturated carbocycles. The predicted molar refractivity (Wildman–Crippen MR) is 117 cm³/mol. The van der Waals surface area contributed by atoms with E-state index in [0.717, 1.165) is 21.6 Å². The van der Waals surface area contributed by atoms with E-state index in [4.69, 9.17) is 0 Å². The van der Waals surface area contributed by atoms with Crippen LogP contribution in [0.3, 0.4) is 0 Å². The molecule has 2 aromatic rings. The van der Waals surface area contributed by atoms with E-state index in [1.807, 2.05) is 36.9 Å². The molecular weight excluding hydrogens is 397 g/mol. The van der Waals surface area contributed by atoms with Gasteiger partial charge in [0.25, 0.3) is 11.8 Å². The number of amides is 2. The number of β-amino-alcohol motifs (C(OH)–C–C–N with tert-alkyl or cyclic N) is 1. The molecule has 7 heteroatoms. The van der Waals surface area contributed by atoms with Crippen molar-refractivity contribution >= 4 is 23.1 Å². The number of nitrogens with zero attached hydrogens (tertiary/aromatic N) is 3. The van der Waals surface area contributed by atoms with Gasteiger partial charge < -0.3 is 10.0 Å². The van der Waals surface area contributed by atoms with Gasteiger partial charge in [0.2, 0.25) is 0 Å². The second kappa shape index (κ2) is 8.61. The Hall–Kier alpha value is -3.03. The maximum Gasteiger partial charge on any atom is 0.282 e. The largest absolute Gasteiger partial charge is 0.395 e. The summed E-state index contributed by atoms with van der Waals surface area (Å²) in [7, 11) is 0. The molecule has 0 spiro atoms. The van der Waals surface area contributed by atoms with Crippen molar-refractivity contribution in [1.82, 2.24) is 9.80 Å². The average Bonchev–Trinajstić information content (AvgIpc) is 2.99. The van der Waals surface area contributed by atoms with Crippen LogP contribution in [0.5, 0.6) is 0 Å². The molecule has 31 heavy (non-hydrogen) atoms. The Balaban J connectivity index is 1.78. The minimum atomic E-state index is -0.503. The summed E-state index contributed by atoms with van der Waals surface area (Å²) < 4.78 is 13.9. The normalized spacial score (nSPS) is 17.8. The van der Waals surface area contributed by atoms with Gasteiger partial charge in [-0.1, -0.05) is 29.8 Å². The lowest BCUT2D eigenvalue weighted by atomic mass is 9.97. The van der Waals surface area contributed by atoms with Gasteiger partial charge in [-0.15, -0.1) is 0 Å². The first kappa shape index (κ1) is 21.2. The molecule has 1 fully saturated rings. The number of carbonyl (C=O) groups is 2. The summed E-state index contributed by atoms with van der Waals surface area (Å²) in [5.74, 6) is -1.37. The second-order valence-corrected chi connectivity index (χ2v) is 8.02. The molecule has 2 aliphatic heterocycles. The summed E-state index contributed by atoms with van der Waals surface area (Å²) in [5.41, 5.74) is 3.66. The van der Waals surface area contributed by atoms with E-state index in [2.05, 4.69) is 4.90 Å². The average molecular weight is 423 g/mol. The SMILES string of the molecule is Cc1ccc(C2=C(N3CCN(CCO)CC3)C(=O)N(c3cccc(F)c3)C2=O)c(C)c1. The maximum absolute atomic E-state index is 13.9. The first-order chi connectivity index (χ1) is 14.9. The highest BCUT2D eigenvalue weighted by Crippen LogP contribution is 2.36. The highest BCUT2D eigenvalue weighted by Gasteiger charge is 2.43. The number of halogens is 1. The lowest BCUT2D eigenvalue weighted by Gasteiger charge is -2.36. The number of benzene rings is 2. The van der Waals surface area contributed by atoms with E-state index in [1.54, 1.807) is 6.07 Å². The standard InChI is InChI=1S/C24H26FN3O3/c1-16-6-7-20(17(2)14-16)21-22(27-10-8-26(9-11-27)12-13-29)24(31)28(23(21)30)19-5-3-4-18(25)15-19/h3-7,14-15,29H,8-13H2,1-2H3. The Morgan fingerprint density at radius 2 is 1.71 bits per heavy atom. The van der Waals surface area contributed by atoms with Crippen molar-refractivity contribution in [1.29, 1.82) is 0 Å². The lowest BCUT2D eigenvalue weighted by Crippen LogP contribution is -2.48. The Morgan fingerprint density at radius 3 is 2.35 bits per heavy atom. The van der Waals surface area contributed by atoms with E-state index >= 15 is 0 Å². The van der Waals surface area contributed by atoms with Crippen LogP contribution in [0, 0.1) is 19.7 Å². The van der Waals surface area contributed by atoms with E-state index < -0.39 is 17.6 Å². The highest BCUT2D eigenvalue weighted by atomic mass is 19.1. The van der Waals surface area contributed by atoms with Crippen LogP contribution in [0.4, 0.5) is 10.1 Å². The van der Waals surface area contributed by atoms with E-state index in [1.165, 1.54) is 18.2 Å². The van der Waals surface area contributed by atoms with E-state index in [0.29, 0.717) is 44.0 Å². The van der Waals surface area contributed by atoms with Crippen LogP contribution < -0.4 is 4.90 Å². The molecule has 0 aromatic heterocycles. The van der Waals surface area contributed by atoms with Gasteiger partial charge in [-0.3, -0.25) is 14.5 Å². The van der Waals surface area contributed by atoms with E-state index in [-0.39, 0.29) is 12.3 Å². The van der Waals surface area contributed by atoms with Gasteiger partial charge in [0.15, 0.2) is 0 Å². The van der Waals surface area contributed by atoms with Crippen LogP contribution in [0.25, 0.3) is 5.57 Å². The number of rotatable bonds is 5. The zero-order valence-electron chi connectivity index (χ0n) is 17.8. The van der Waals surface area contributed by atoms with Gasteiger partial charge in [-0.25, -0.2) is 9.29 Å².